The quantitative estimate of drug-likeness (QED) is 0.0150. The highest BCUT2D eigenvalue weighted by Gasteiger charge is 2.30. The molecule has 0 unspecified atom stereocenters. The molecule has 0 saturated carbocycles. The summed E-state index contributed by atoms with van der Waals surface area (Å²) in [7, 11) is 0. The Morgan fingerprint density at radius 1 is 0.495 bits per heavy atom. The summed E-state index contributed by atoms with van der Waals surface area (Å²) in [5.74, 6) is 6.67. The second-order valence-electron chi connectivity index (χ2n) is 28.1. The van der Waals surface area contributed by atoms with E-state index in [0.29, 0.717) is 23.8 Å². The second-order valence-corrected chi connectivity index (χ2v) is 28.1. The number of amidine groups is 1. The molecule has 0 spiro atoms. The van der Waals surface area contributed by atoms with Crippen molar-refractivity contribution in [2.75, 3.05) is 101 Å². The number of benzene rings is 6. The molecular formula is C85H101N17O3. The molecule has 9 N–H and O–H groups in total. The predicted octanol–water partition coefficient (Wildman–Crippen LogP) is 14.1. The van der Waals surface area contributed by atoms with Crippen LogP contribution in [-0.4, -0.2) is 156 Å². The molecule has 6 aliphatic rings. The van der Waals surface area contributed by atoms with Crippen LogP contribution in [0.15, 0.2) is 150 Å². The van der Waals surface area contributed by atoms with Gasteiger partial charge in [0.05, 0.1) is 23.7 Å². The third kappa shape index (κ3) is 19.6. The molecule has 7 heterocycles. The Morgan fingerprint density at radius 2 is 0.867 bits per heavy atom. The van der Waals surface area contributed by atoms with E-state index >= 15 is 0 Å². The number of aliphatic hydroxyl groups is 1. The van der Waals surface area contributed by atoms with Crippen molar-refractivity contribution in [1.29, 1.82) is 5.41 Å². The van der Waals surface area contributed by atoms with Crippen LogP contribution in [0.4, 0.5) is 23.1 Å². The van der Waals surface area contributed by atoms with Gasteiger partial charge >= 0.3 is 0 Å². The molecule has 3 aliphatic heterocycles. The number of aromatic nitrogens is 8. The molecule has 0 atom stereocenters. The Bertz CT molecular complexity index is 4550. The SMILES string of the molecule is CCO.Cc1nc(-c2ccc3c(c2)Cc2nc(Cc4ccccc4)nc(NCCCN4CCCCC4)c2-3)no1.N=C(N)c1ccc2c(c1)Cc1nc(Cc3ccccc3)nc(NCCCN3CCCCC3)c1-2.O.[C-]#[N+]c1ccc2c(c1)Cc1nc(Cc3ccccc3)nc(NCCCN3CCCCC3)c1-2. The molecule has 3 fully saturated rings. The Kier molecular flexibility index (Phi) is 26.3. The van der Waals surface area contributed by atoms with Crippen molar-refractivity contribution in [3.8, 4) is 44.8 Å². The lowest BCUT2D eigenvalue weighted by atomic mass is 10.0. The summed E-state index contributed by atoms with van der Waals surface area (Å²) < 4.78 is 5.19. The number of nitrogens with one attached hydrogen (secondary N) is 4. The summed E-state index contributed by atoms with van der Waals surface area (Å²) in [6.45, 7) is 24.6. The Morgan fingerprint density at radius 3 is 1.24 bits per heavy atom. The van der Waals surface area contributed by atoms with Crippen molar-refractivity contribution in [3.63, 3.8) is 0 Å². The predicted molar refractivity (Wildman–Crippen MR) is 420 cm³/mol. The topological polar surface area (TPSA) is 268 Å². The molecule has 0 amide bonds. The Labute approximate surface area is 618 Å². The summed E-state index contributed by atoms with van der Waals surface area (Å²) in [4.78, 5) is 45.7. The third-order valence-corrected chi connectivity index (χ3v) is 20.3. The lowest BCUT2D eigenvalue weighted by Gasteiger charge is -2.26. The van der Waals surface area contributed by atoms with E-state index in [1.807, 2.05) is 49.4 Å². The van der Waals surface area contributed by atoms with Gasteiger partial charge < -0.3 is 51.5 Å². The lowest BCUT2D eigenvalue weighted by molar-refractivity contribution is 0.228. The van der Waals surface area contributed by atoms with Crippen molar-refractivity contribution < 1.29 is 15.1 Å². The molecule has 4 aromatic heterocycles. The number of fused-ring (bicyclic) bond motifs is 9. The molecule has 3 saturated heterocycles. The Hall–Kier alpha value is -10.1. The fourth-order valence-electron chi connectivity index (χ4n) is 15.2. The van der Waals surface area contributed by atoms with Crippen molar-refractivity contribution in [2.45, 2.75) is 129 Å². The zero-order valence-electron chi connectivity index (χ0n) is 61.1. The normalized spacial score (nSPS) is 14.7. The average Bonchev–Trinajstić information content (AvgIpc) is 1.63. The van der Waals surface area contributed by atoms with E-state index in [1.165, 1.54) is 136 Å². The van der Waals surface area contributed by atoms with Gasteiger partial charge in [0.25, 0.3) is 0 Å². The van der Waals surface area contributed by atoms with Crippen LogP contribution in [0.3, 0.4) is 0 Å². The van der Waals surface area contributed by atoms with Gasteiger partial charge in [0, 0.05) is 99.5 Å². The molecule has 20 heteroatoms. The molecule has 0 bridgehead atoms. The van der Waals surface area contributed by atoms with Gasteiger partial charge in [-0.3, -0.25) is 5.41 Å². The number of nitrogen functional groups attached to an aromatic ring is 1. The lowest BCUT2D eigenvalue weighted by Crippen LogP contribution is -2.31. The van der Waals surface area contributed by atoms with Crippen molar-refractivity contribution in [1.82, 2.24) is 54.7 Å². The maximum Gasteiger partial charge on any atom is 0.223 e. The molecule has 105 heavy (non-hydrogen) atoms. The first-order valence-electron chi connectivity index (χ1n) is 37.8. The smallest absolute Gasteiger partial charge is 0.223 e. The largest absolute Gasteiger partial charge is 0.412 e. The van der Waals surface area contributed by atoms with Crippen LogP contribution in [0, 0.1) is 18.9 Å². The number of nitrogens with zero attached hydrogens (tertiary/aromatic N) is 12. The third-order valence-electron chi connectivity index (χ3n) is 20.3. The van der Waals surface area contributed by atoms with Crippen LogP contribution < -0.4 is 21.7 Å². The summed E-state index contributed by atoms with van der Waals surface area (Å²) >= 11 is 0. The van der Waals surface area contributed by atoms with Crippen LogP contribution in [-0.2, 0) is 38.5 Å². The van der Waals surface area contributed by atoms with Crippen molar-refractivity contribution in [2.24, 2.45) is 5.73 Å². The van der Waals surface area contributed by atoms with Crippen LogP contribution in [0.25, 0.3) is 49.6 Å². The zero-order valence-corrected chi connectivity index (χ0v) is 61.1. The number of likely N-dealkylation sites (tertiary alicyclic amines) is 3. The number of anilines is 3. The second kappa shape index (κ2) is 37.0. The monoisotopic (exact) mass is 1410 g/mol. The van der Waals surface area contributed by atoms with E-state index in [2.05, 4.69) is 149 Å². The average molecular weight is 1410 g/mol. The summed E-state index contributed by atoms with van der Waals surface area (Å²) in [6.07, 6.45) is 19.9. The van der Waals surface area contributed by atoms with Crippen molar-refractivity contribution in [3.05, 3.63) is 236 Å². The maximum absolute atomic E-state index is 7.79. The van der Waals surface area contributed by atoms with E-state index in [-0.39, 0.29) is 17.9 Å². The van der Waals surface area contributed by atoms with Crippen LogP contribution in [0.2, 0.25) is 0 Å². The van der Waals surface area contributed by atoms with Gasteiger partial charge in [-0.15, -0.1) is 0 Å². The number of nitrogens with two attached hydrogens (primary N) is 1. The maximum atomic E-state index is 7.79. The van der Waals surface area contributed by atoms with Gasteiger partial charge in [-0.25, -0.2) is 34.7 Å². The fourth-order valence-corrected chi connectivity index (χ4v) is 15.2. The molecule has 16 rings (SSSR count). The van der Waals surface area contributed by atoms with E-state index in [4.69, 9.17) is 57.2 Å². The van der Waals surface area contributed by atoms with Gasteiger partial charge in [-0.2, -0.15) is 4.98 Å². The van der Waals surface area contributed by atoms with Gasteiger partial charge in [-0.1, -0.05) is 158 Å². The van der Waals surface area contributed by atoms with Gasteiger partial charge in [-0.05, 0) is 186 Å². The number of hydrogen-bond donors (Lipinski definition) is 6. The molecule has 544 valence electrons. The minimum Gasteiger partial charge on any atom is -0.412 e. The van der Waals surface area contributed by atoms with E-state index in [1.54, 1.807) is 6.92 Å². The fraction of sp³-hybridized carbons (Fsp3) is 0.388. The zero-order chi connectivity index (χ0) is 71.4. The molecule has 0 radical (unpaired) electrons. The first-order chi connectivity index (χ1) is 51.1. The van der Waals surface area contributed by atoms with Crippen LogP contribution >= 0.6 is 0 Å². The number of piperidine rings is 3. The summed E-state index contributed by atoms with van der Waals surface area (Å²) in [5, 5.41) is 30.4. The van der Waals surface area contributed by atoms with E-state index in [0.717, 1.165) is 182 Å². The van der Waals surface area contributed by atoms with Gasteiger partial charge in [0.1, 0.15) is 40.8 Å². The highest BCUT2D eigenvalue weighted by atomic mass is 16.5. The first kappa shape index (κ1) is 74.6. The van der Waals surface area contributed by atoms with Crippen LogP contribution in [0.1, 0.15) is 163 Å². The van der Waals surface area contributed by atoms with Gasteiger partial charge in [0.2, 0.25) is 11.7 Å². The highest BCUT2D eigenvalue weighted by Crippen LogP contribution is 2.44. The number of hydrogen-bond acceptors (Lipinski definition) is 17. The number of aliphatic hydroxyl groups excluding tert-OH is 1. The minimum absolute atomic E-state index is 0. The standard InChI is InChI=1S/C29H32N6O.C27H32N6.C27H29N5.C2H6O.H2O/c1-20-31-28(34-36-20)22-11-12-24-23(18-22)19-25-27(24)29(30-13-8-16-35-14-6-3-7-15-35)33-26(32-25)17-21-9-4-2-5-10-21;28-26(29)20-10-11-22-21(17-20)18-23-25(22)27(30-12-7-15-33-13-5-2-6-14-33)32-24(31-23)16-19-8-3-1-4-9-19;1-28-22-11-12-23-21(18-22)19-24-26(23)27(29-13-8-16-32-14-6-3-7-15-32)31-25(30-24)17-20-9-4-2-5-10-20;1-2-3;/h2,4-5,9-12,18H,3,6-8,13-17,19H2,1H3,(H,30,32,33);1,3-4,8-11,17H,2,5-7,12-16,18H2,(H3,28,29)(H,30,31,32);2,4-5,9-12,18H,3,6-8,13-17,19H2,(H,29,30,31);3H,2H2,1H3;1H2. The van der Waals surface area contributed by atoms with Gasteiger partial charge in [0.15, 0.2) is 5.69 Å². The number of aryl methyl sites for hydroxylation is 1. The summed E-state index contributed by atoms with van der Waals surface area (Å²) in [5.41, 5.74) is 25.5. The Balaban J connectivity index is 0.000000145. The minimum atomic E-state index is 0. The molecule has 6 aromatic carbocycles. The van der Waals surface area contributed by atoms with E-state index in [9.17, 15) is 0 Å². The molecule has 3 aliphatic carbocycles. The molecule has 20 nitrogen and oxygen atoms in total. The molecular weight excluding hydrogens is 1310 g/mol. The highest BCUT2D eigenvalue weighted by molar-refractivity contribution is 5.97. The van der Waals surface area contributed by atoms with E-state index < -0.39 is 0 Å². The van der Waals surface area contributed by atoms with Crippen LogP contribution in [0.5, 0.6) is 0 Å². The number of rotatable bonds is 23. The summed E-state index contributed by atoms with van der Waals surface area (Å²) in [6, 6.07) is 49.6. The molecule has 10 aromatic rings. The van der Waals surface area contributed by atoms with Crippen molar-refractivity contribution >= 4 is 29.0 Å². The first-order valence-corrected chi connectivity index (χ1v) is 37.8.